The van der Waals surface area contributed by atoms with Gasteiger partial charge in [-0.05, 0) is 85.6 Å². The maximum Gasteiger partial charge on any atom is 0.326 e. The Bertz CT molecular complexity index is 1380. The Kier molecular flexibility index (Phi) is 23.1. The fraction of sp³-hybridized carbons (Fsp3) is 0.750. The van der Waals surface area contributed by atoms with Gasteiger partial charge in [0.15, 0.2) is 0 Å². The third-order valence-corrected chi connectivity index (χ3v) is 8.87. The lowest BCUT2D eigenvalue weighted by Gasteiger charge is -2.25. The van der Waals surface area contributed by atoms with Crippen molar-refractivity contribution in [3.05, 3.63) is 0 Å². The molecule has 10 atom stereocenters. The maximum atomic E-state index is 13.3. The number of carboxylic acid groups (broad SMARTS) is 1. The highest BCUT2D eigenvalue weighted by Gasteiger charge is 2.32. The van der Waals surface area contributed by atoms with Gasteiger partial charge in [0.1, 0.15) is 48.3 Å². The van der Waals surface area contributed by atoms with Gasteiger partial charge in [-0.15, -0.1) is 0 Å². The molecule has 20 heteroatoms. The van der Waals surface area contributed by atoms with Gasteiger partial charge in [-0.25, -0.2) is 4.79 Å². The Morgan fingerprint density at radius 3 is 1.21 bits per heavy atom. The number of unbranched alkanes of at least 4 members (excludes halogenated alkanes) is 1. The van der Waals surface area contributed by atoms with E-state index in [1.54, 1.807) is 13.8 Å². The van der Waals surface area contributed by atoms with Gasteiger partial charge in [0.25, 0.3) is 0 Å². The highest BCUT2D eigenvalue weighted by Crippen LogP contribution is 2.09. The zero-order chi connectivity index (χ0) is 43.4. The van der Waals surface area contributed by atoms with Crippen molar-refractivity contribution in [1.82, 2.24) is 42.5 Å². The van der Waals surface area contributed by atoms with Crippen LogP contribution in [0.4, 0.5) is 0 Å². The molecule has 56 heavy (non-hydrogen) atoms. The Balaban J connectivity index is 5.38. The number of carbonyl (C=O) groups excluding carboxylic acids is 8. The van der Waals surface area contributed by atoms with Crippen LogP contribution in [0.5, 0.6) is 0 Å². The largest absolute Gasteiger partial charge is 0.480 e. The molecule has 0 saturated carbocycles. The average molecular weight is 799 g/mol. The maximum absolute atomic E-state index is 13.3. The van der Waals surface area contributed by atoms with E-state index in [9.17, 15) is 48.3 Å². The average Bonchev–Trinajstić information content (AvgIpc) is 3.11. The molecule has 0 aromatic rings. The summed E-state index contributed by atoms with van der Waals surface area (Å²) in [5, 5.41) is 29.4. The number of nitrogens with one attached hydrogen (secondary N) is 8. The van der Waals surface area contributed by atoms with E-state index in [4.69, 9.17) is 11.5 Å². The predicted molar refractivity (Wildman–Crippen MR) is 207 cm³/mol. The van der Waals surface area contributed by atoms with Crippen molar-refractivity contribution >= 4 is 53.2 Å². The highest BCUT2D eigenvalue weighted by molar-refractivity contribution is 5.97. The van der Waals surface area contributed by atoms with Crippen molar-refractivity contribution in [2.75, 3.05) is 6.54 Å². The fourth-order valence-electron chi connectivity index (χ4n) is 5.00. The molecule has 0 aromatic carbocycles. The number of amides is 8. The number of rotatable bonds is 25. The van der Waals surface area contributed by atoms with Gasteiger partial charge in [0.2, 0.25) is 47.3 Å². The standard InChI is InChI=1S/C36H66N10O10/c1-11-18(4)27(36(55)56)46-33(52)24(10)41-30(49)21(7)39-29(48)20(6)40-31(50)22(8)42-34(53)25(14-12-13-15-37)44-32(51)23(9)43-35(54)26(16-17(2)3)45-28(47)19(5)38/h17-27H,11-16,37-38H2,1-10H3,(H,39,48)(H,40,50)(H,41,49)(H,42,53)(H,43,54)(H,44,51)(H,45,47)(H,46,52)(H,55,56)/t18-,19-,20-,21-,22-,23-,24-,25-,26-,27-/m0/s1. The molecule has 0 fully saturated rings. The minimum absolute atomic E-state index is 0.0256. The van der Waals surface area contributed by atoms with Crippen LogP contribution in [0.15, 0.2) is 0 Å². The first kappa shape index (κ1) is 51.1. The minimum atomic E-state index is -1.21. The van der Waals surface area contributed by atoms with E-state index in [1.165, 1.54) is 41.5 Å². The SMILES string of the molecule is CC[C@H](C)[C@H](NC(=O)[C@H](C)NC(=O)[C@H](C)NC(=O)[C@H](C)NC(=O)[C@H](C)NC(=O)[C@H](CCCCN)NC(=O)[C@H](C)NC(=O)[C@H](CC(C)C)NC(=O)[C@H](C)N)C(=O)O. The van der Waals surface area contributed by atoms with Crippen LogP contribution in [-0.4, -0.2) is 119 Å². The molecule has 20 nitrogen and oxygen atoms in total. The molecule has 0 spiro atoms. The van der Waals surface area contributed by atoms with Crippen LogP contribution in [0.2, 0.25) is 0 Å². The molecule has 0 aliphatic rings. The van der Waals surface area contributed by atoms with Crippen molar-refractivity contribution in [2.24, 2.45) is 23.3 Å². The van der Waals surface area contributed by atoms with Gasteiger partial charge in [-0.1, -0.05) is 34.1 Å². The summed E-state index contributed by atoms with van der Waals surface area (Å²) in [6.45, 7) is 15.8. The van der Waals surface area contributed by atoms with Crippen LogP contribution >= 0.6 is 0 Å². The Hall–Kier alpha value is -4.85. The van der Waals surface area contributed by atoms with E-state index in [-0.39, 0.29) is 24.7 Å². The Labute approximate surface area is 329 Å². The van der Waals surface area contributed by atoms with Crippen molar-refractivity contribution in [3.63, 3.8) is 0 Å². The lowest BCUT2D eigenvalue weighted by Crippen LogP contribution is -2.59. The van der Waals surface area contributed by atoms with Crippen LogP contribution in [0.25, 0.3) is 0 Å². The number of hydrogen-bond acceptors (Lipinski definition) is 11. The first-order valence-corrected chi connectivity index (χ1v) is 19.1. The Morgan fingerprint density at radius 1 is 0.500 bits per heavy atom. The number of hydrogen-bond donors (Lipinski definition) is 11. The highest BCUT2D eigenvalue weighted by atomic mass is 16.4. The van der Waals surface area contributed by atoms with Crippen LogP contribution < -0.4 is 54.0 Å². The molecule has 0 aliphatic carbocycles. The Morgan fingerprint density at radius 2 is 0.857 bits per heavy atom. The topological polar surface area (TPSA) is 322 Å². The van der Waals surface area contributed by atoms with Gasteiger partial charge < -0.3 is 59.1 Å². The van der Waals surface area contributed by atoms with Crippen molar-refractivity contribution < 1.29 is 48.3 Å². The lowest BCUT2D eigenvalue weighted by molar-refractivity contribution is -0.143. The van der Waals surface area contributed by atoms with Crippen molar-refractivity contribution in [2.45, 2.75) is 156 Å². The number of carboxylic acids is 1. The minimum Gasteiger partial charge on any atom is -0.480 e. The molecule has 0 heterocycles. The fourth-order valence-corrected chi connectivity index (χ4v) is 5.00. The molecule has 13 N–H and O–H groups in total. The molecule has 0 rings (SSSR count). The van der Waals surface area contributed by atoms with Crippen molar-refractivity contribution in [1.29, 1.82) is 0 Å². The third-order valence-electron chi connectivity index (χ3n) is 8.87. The van der Waals surface area contributed by atoms with Gasteiger partial charge >= 0.3 is 5.97 Å². The molecule has 320 valence electrons. The summed E-state index contributed by atoms with van der Waals surface area (Å²) in [6.07, 6.45) is 1.92. The van der Waals surface area contributed by atoms with E-state index in [0.29, 0.717) is 25.8 Å². The second-order valence-corrected chi connectivity index (χ2v) is 14.7. The van der Waals surface area contributed by atoms with E-state index < -0.39 is 108 Å². The summed E-state index contributed by atoms with van der Waals surface area (Å²) >= 11 is 0. The van der Waals surface area contributed by atoms with Crippen LogP contribution in [0.3, 0.4) is 0 Å². The first-order chi connectivity index (χ1) is 26.0. The second kappa shape index (κ2) is 25.3. The monoisotopic (exact) mass is 798 g/mol. The number of nitrogens with two attached hydrogens (primary N) is 2. The van der Waals surface area contributed by atoms with E-state index in [0.717, 1.165) is 0 Å². The summed E-state index contributed by atoms with van der Waals surface area (Å²) in [5.41, 5.74) is 11.2. The molecular weight excluding hydrogens is 732 g/mol. The second-order valence-electron chi connectivity index (χ2n) is 14.7. The van der Waals surface area contributed by atoms with E-state index in [2.05, 4.69) is 42.5 Å². The van der Waals surface area contributed by atoms with Crippen molar-refractivity contribution in [3.8, 4) is 0 Å². The zero-order valence-electron chi connectivity index (χ0n) is 34.4. The summed E-state index contributed by atoms with van der Waals surface area (Å²) in [6, 6.07) is -9.83. The van der Waals surface area contributed by atoms with Gasteiger partial charge in [0, 0.05) is 0 Å². The van der Waals surface area contributed by atoms with Gasteiger partial charge in [-0.3, -0.25) is 38.4 Å². The van der Waals surface area contributed by atoms with Gasteiger partial charge in [-0.2, -0.15) is 0 Å². The first-order valence-electron chi connectivity index (χ1n) is 19.1. The molecule has 0 bridgehead atoms. The quantitative estimate of drug-likeness (QED) is 0.0432. The number of carbonyl (C=O) groups is 9. The molecular formula is C36H66N10O10. The zero-order valence-corrected chi connectivity index (χ0v) is 34.4. The summed E-state index contributed by atoms with van der Waals surface area (Å²) in [4.78, 5) is 114. The molecule has 0 aromatic heterocycles. The molecule has 0 aliphatic heterocycles. The summed E-state index contributed by atoms with van der Waals surface area (Å²) in [5.74, 6) is -7.06. The predicted octanol–water partition coefficient (Wildman–Crippen LogP) is -2.38. The summed E-state index contributed by atoms with van der Waals surface area (Å²) in [7, 11) is 0. The van der Waals surface area contributed by atoms with Gasteiger partial charge in [0.05, 0.1) is 6.04 Å². The van der Waals surface area contributed by atoms with E-state index in [1.807, 2.05) is 13.8 Å². The number of aliphatic carboxylic acids is 1. The molecule has 8 amide bonds. The van der Waals surface area contributed by atoms with E-state index >= 15 is 0 Å². The smallest absolute Gasteiger partial charge is 0.326 e. The normalized spacial score (nSPS) is 16.4. The van der Waals surface area contributed by atoms with Crippen LogP contribution in [0, 0.1) is 11.8 Å². The van der Waals surface area contributed by atoms with Crippen LogP contribution in [0.1, 0.15) is 101 Å². The van der Waals surface area contributed by atoms with Crippen LogP contribution in [-0.2, 0) is 43.2 Å². The third kappa shape index (κ3) is 18.7. The molecule has 0 radical (unpaired) electrons. The lowest BCUT2D eigenvalue weighted by atomic mass is 9.99. The molecule has 0 saturated heterocycles. The summed E-state index contributed by atoms with van der Waals surface area (Å²) < 4.78 is 0. The molecule has 0 unspecified atom stereocenters.